The van der Waals surface area contributed by atoms with Crippen molar-refractivity contribution in [2.24, 2.45) is 0 Å². The van der Waals surface area contributed by atoms with Gasteiger partial charge in [-0.3, -0.25) is 4.79 Å². The van der Waals surface area contributed by atoms with Crippen LogP contribution in [-0.2, 0) is 11.2 Å². The third kappa shape index (κ3) is 3.47. The molecular weight excluding hydrogens is 388 g/mol. The number of amides is 1. The Morgan fingerprint density at radius 3 is 3.07 bits per heavy atom. The topological polar surface area (TPSA) is 79.0 Å². The molecule has 4 heterocycles. The Morgan fingerprint density at radius 1 is 1.31 bits per heavy atom. The second kappa shape index (κ2) is 7.35. The molecule has 2 aliphatic rings. The standard InChI is InChI=1S/C22H23ClN4O2/c1-12-8-15(2-5-24-12)27-22(28)19-10-13-9-14(23)11-18(20(13)29-19)16-3-6-25-21-17(16)4-7-26-21/h3-4,6-7,9,11-12,15,19,24H,2,5,8,10H2,1H3,(H,25,26)(H,27,28). The van der Waals surface area contributed by atoms with E-state index in [-0.39, 0.29) is 11.9 Å². The lowest BCUT2D eigenvalue weighted by molar-refractivity contribution is -0.128. The number of rotatable bonds is 3. The number of nitrogens with one attached hydrogen (secondary N) is 3. The average Bonchev–Trinajstić information content (AvgIpc) is 3.34. The van der Waals surface area contributed by atoms with Crippen LogP contribution in [0.15, 0.2) is 36.7 Å². The number of benzene rings is 1. The SMILES string of the molecule is CC1CC(NC(=O)C2Cc3cc(Cl)cc(-c4ccnc5[nH]ccc45)c3O2)CCN1. The molecule has 29 heavy (non-hydrogen) atoms. The summed E-state index contributed by atoms with van der Waals surface area (Å²) in [4.78, 5) is 20.4. The number of H-pyrrole nitrogens is 1. The molecule has 2 aromatic heterocycles. The van der Waals surface area contributed by atoms with Gasteiger partial charge in [-0.15, -0.1) is 0 Å². The van der Waals surface area contributed by atoms with Crippen molar-refractivity contribution in [3.8, 4) is 16.9 Å². The molecule has 0 aliphatic carbocycles. The number of hydrogen-bond acceptors (Lipinski definition) is 4. The Bertz CT molecular complexity index is 1080. The summed E-state index contributed by atoms with van der Waals surface area (Å²) in [7, 11) is 0. The molecule has 6 nitrogen and oxygen atoms in total. The zero-order chi connectivity index (χ0) is 20.0. The summed E-state index contributed by atoms with van der Waals surface area (Å²) in [6.45, 7) is 3.07. The summed E-state index contributed by atoms with van der Waals surface area (Å²) in [6, 6.07) is 8.34. The molecule has 7 heteroatoms. The van der Waals surface area contributed by atoms with Crippen LogP contribution >= 0.6 is 11.6 Å². The molecule has 1 fully saturated rings. The van der Waals surface area contributed by atoms with Crippen molar-refractivity contribution in [1.82, 2.24) is 20.6 Å². The van der Waals surface area contributed by atoms with E-state index in [1.807, 2.05) is 30.5 Å². The Labute approximate surface area is 174 Å². The zero-order valence-electron chi connectivity index (χ0n) is 16.2. The number of carbonyl (C=O) groups excluding carboxylic acids is 1. The van der Waals surface area contributed by atoms with Crippen molar-refractivity contribution in [1.29, 1.82) is 0 Å². The summed E-state index contributed by atoms with van der Waals surface area (Å²) >= 11 is 6.42. The number of piperidine rings is 1. The van der Waals surface area contributed by atoms with E-state index in [1.54, 1.807) is 6.20 Å². The maximum absolute atomic E-state index is 12.9. The first-order valence-electron chi connectivity index (χ1n) is 10.0. The number of halogens is 1. The van der Waals surface area contributed by atoms with E-state index in [0.717, 1.165) is 52.9 Å². The summed E-state index contributed by atoms with van der Waals surface area (Å²) < 4.78 is 6.19. The van der Waals surface area contributed by atoms with E-state index < -0.39 is 6.10 Å². The molecule has 1 saturated heterocycles. The van der Waals surface area contributed by atoms with Gasteiger partial charge in [-0.05, 0) is 56.1 Å². The monoisotopic (exact) mass is 410 g/mol. The molecule has 3 N–H and O–H groups in total. The minimum Gasteiger partial charge on any atom is -0.479 e. The number of fused-ring (bicyclic) bond motifs is 2. The minimum absolute atomic E-state index is 0.0520. The van der Waals surface area contributed by atoms with Gasteiger partial charge in [0.15, 0.2) is 6.10 Å². The highest BCUT2D eigenvalue weighted by molar-refractivity contribution is 6.31. The van der Waals surface area contributed by atoms with E-state index in [2.05, 4.69) is 27.5 Å². The molecule has 3 unspecified atom stereocenters. The molecule has 3 aromatic rings. The van der Waals surface area contributed by atoms with Gasteiger partial charge in [0.05, 0.1) is 0 Å². The van der Waals surface area contributed by atoms with Crippen molar-refractivity contribution >= 4 is 28.5 Å². The van der Waals surface area contributed by atoms with Crippen LogP contribution in [0.2, 0.25) is 5.02 Å². The first kappa shape index (κ1) is 18.5. The number of aromatic amines is 1. The van der Waals surface area contributed by atoms with Crippen LogP contribution in [0.5, 0.6) is 5.75 Å². The molecule has 150 valence electrons. The number of nitrogens with zero attached hydrogens (tertiary/aromatic N) is 1. The quantitative estimate of drug-likeness (QED) is 0.618. The van der Waals surface area contributed by atoms with Gasteiger partial charge >= 0.3 is 0 Å². The molecule has 0 radical (unpaired) electrons. The van der Waals surface area contributed by atoms with Crippen LogP contribution in [0.1, 0.15) is 25.3 Å². The van der Waals surface area contributed by atoms with E-state index in [4.69, 9.17) is 16.3 Å². The zero-order valence-corrected chi connectivity index (χ0v) is 16.9. The number of ether oxygens (including phenoxy) is 1. The Kier molecular flexibility index (Phi) is 4.68. The summed E-state index contributed by atoms with van der Waals surface area (Å²) in [6.07, 6.45) is 5.50. The molecule has 0 bridgehead atoms. The van der Waals surface area contributed by atoms with Crippen LogP contribution in [0.4, 0.5) is 0 Å². The number of hydrogen-bond donors (Lipinski definition) is 3. The van der Waals surface area contributed by atoms with Crippen LogP contribution in [0.3, 0.4) is 0 Å². The molecule has 3 atom stereocenters. The van der Waals surface area contributed by atoms with Gasteiger partial charge in [-0.25, -0.2) is 4.98 Å². The van der Waals surface area contributed by atoms with Crippen molar-refractivity contribution in [2.75, 3.05) is 6.54 Å². The van der Waals surface area contributed by atoms with Gasteiger partial charge in [0.1, 0.15) is 11.4 Å². The molecule has 0 saturated carbocycles. The molecule has 1 aromatic carbocycles. The Morgan fingerprint density at radius 2 is 2.21 bits per heavy atom. The van der Waals surface area contributed by atoms with Crippen LogP contribution < -0.4 is 15.4 Å². The first-order valence-corrected chi connectivity index (χ1v) is 10.4. The predicted octanol–water partition coefficient (Wildman–Crippen LogP) is 3.44. The molecular formula is C22H23ClN4O2. The predicted molar refractivity (Wildman–Crippen MR) is 113 cm³/mol. The van der Waals surface area contributed by atoms with Crippen LogP contribution in [0, 0.1) is 0 Å². The lowest BCUT2D eigenvalue weighted by atomic mass is 9.98. The van der Waals surface area contributed by atoms with Crippen molar-refractivity contribution in [2.45, 2.75) is 44.4 Å². The maximum atomic E-state index is 12.9. The van der Waals surface area contributed by atoms with Crippen LogP contribution in [0.25, 0.3) is 22.2 Å². The summed E-state index contributed by atoms with van der Waals surface area (Å²) in [5, 5.41) is 8.21. The lowest BCUT2D eigenvalue weighted by Gasteiger charge is -2.29. The highest BCUT2D eigenvalue weighted by Crippen LogP contribution is 2.43. The van der Waals surface area contributed by atoms with Gasteiger partial charge in [0, 0.05) is 52.4 Å². The minimum atomic E-state index is -0.532. The third-order valence-corrected chi connectivity index (χ3v) is 6.03. The number of pyridine rings is 1. The molecule has 5 rings (SSSR count). The van der Waals surface area contributed by atoms with E-state index in [0.29, 0.717) is 17.5 Å². The summed E-state index contributed by atoms with van der Waals surface area (Å²) in [5.41, 5.74) is 3.66. The average molecular weight is 411 g/mol. The highest BCUT2D eigenvalue weighted by Gasteiger charge is 2.33. The first-order chi connectivity index (χ1) is 14.1. The second-order valence-electron chi connectivity index (χ2n) is 7.94. The smallest absolute Gasteiger partial charge is 0.261 e. The number of aromatic nitrogens is 2. The number of carbonyl (C=O) groups is 1. The highest BCUT2D eigenvalue weighted by atomic mass is 35.5. The van der Waals surface area contributed by atoms with Gasteiger partial charge < -0.3 is 20.4 Å². The van der Waals surface area contributed by atoms with Gasteiger partial charge in [-0.2, -0.15) is 0 Å². The lowest BCUT2D eigenvalue weighted by Crippen LogP contribution is -2.49. The van der Waals surface area contributed by atoms with E-state index in [9.17, 15) is 4.79 Å². The van der Waals surface area contributed by atoms with Crippen molar-refractivity contribution < 1.29 is 9.53 Å². The van der Waals surface area contributed by atoms with Crippen molar-refractivity contribution in [3.05, 3.63) is 47.2 Å². The largest absolute Gasteiger partial charge is 0.479 e. The Hall–Kier alpha value is -2.57. The third-order valence-electron chi connectivity index (χ3n) is 5.81. The normalized spacial score (nSPS) is 23.6. The molecule has 0 spiro atoms. The fraction of sp³-hybridized carbons (Fsp3) is 0.364. The van der Waals surface area contributed by atoms with Crippen molar-refractivity contribution in [3.63, 3.8) is 0 Å². The fourth-order valence-electron chi connectivity index (χ4n) is 4.42. The molecule has 1 amide bonds. The summed E-state index contributed by atoms with van der Waals surface area (Å²) in [5.74, 6) is 0.686. The second-order valence-corrected chi connectivity index (χ2v) is 8.37. The Balaban J connectivity index is 1.43. The van der Waals surface area contributed by atoms with Gasteiger partial charge in [-0.1, -0.05) is 11.6 Å². The fourth-order valence-corrected chi connectivity index (χ4v) is 4.66. The van der Waals surface area contributed by atoms with Gasteiger partial charge in [0.25, 0.3) is 5.91 Å². The van der Waals surface area contributed by atoms with E-state index in [1.165, 1.54) is 0 Å². The maximum Gasteiger partial charge on any atom is 0.261 e. The van der Waals surface area contributed by atoms with E-state index >= 15 is 0 Å². The van der Waals surface area contributed by atoms with Crippen LogP contribution in [-0.4, -0.2) is 40.6 Å². The molecule has 2 aliphatic heterocycles. The van der Waals surface area contributed by atoms with Gasteiger partial charge in [0.2, 0.25) is 0 Å².